The molecule has 1 aliphatic heterocycles. The summed E-state index contributed by atoms with van der Waals surface area (Å²) in [4.78, 5) is 27.5. The Balaban J connectivity index is 2.19. The molecule has 0 bridgehead atoms. The summed E-state index contributed by atoms with van der Waals surface area (Å²) in [5, 5.41) is 12.4. The highest BCUT2D eigenvalue weighted by molar-refractivity contribution is 5.93. The molecular formula is C28H33F2NO5. The van der Waals surface area contributed by atoms with Crippen molar-refractivity contribution in [1.29, 1.82) is 0 Å². The largest absolute Gasteiger partial charge is 0.415 e. The second kappa shape index (κ2) is 11.3. The topological polar surface area (TPSA) is 76.1 Å². The number of hydrogen-bond donors (Lipinski definition) is 1. The van der Waals surface area contributed by atoms with Crippen LogP contribution in [0.1, 0.15) is 45.2 Å². The maximum Gasteiger partial charge on any atom is 0.334 e. The number of ether oxygens (including phenoxy) is 2. The van der Waals surface area contributed by atoms with Gasteiger partial charge >= 0.3 is 11.9 Å². The summed E-state index contributed by atoms with van der Waals surface area (Å²) in [5.74, 6) is -4.45. The number of carbonyl (C=O) groups excluding carboxylic acids is 2. The average Bonchev–Trinajstić information content (AvgIpc) is 2.95. The monoisotopic (exact) mass is 501 g/mol. The lowest BCUT2D eigenvalue weighted by atomic mass is 9.77. The van der Waals surface area contributed by atoms with E-state index in [2.05, 4.69) is 32.6 Å². The van der Waals surface area contributed by atoms with E-state index in [0.717, 1.165) is 49.5 Å². The summed E-state index contributed by atoms with van der Waals surface area (Å²) in [6, 6.07) is 9.83. The summed E-state index contributed by atoms with van der Waals surface area (Å²) in [5.41, 5.74) is -2.07. The van der Waals surface area contributed by atoms with Crippen LogP contribution in [0.15, 0.2) is 60.7 Å². The van der Waals surface area contributed by atoms with Gasteiger partial charge in [-0.25, -0.2) is 18.4 Å². The molecule has 1 heterocycles. The van der Waals surface area contributed by atoms with E-state index < -0.39 is 35.0 Å². The minimum atomic E-state index is -2.28. The Morgan fingerprint density at radius 1 is 0.806 bits per heavy atom. The summed E-state index contributed by atoms with van der Waals surface area (Å²) >= 11 is 0. The normalized spacial score (nSPS) is 15.8. The highest BCUT2D eigenvalue weighted by Gasteiger charge is 2.59. The van der Waals surface area contributed by atoms with E-state index in [4.69, 9.17) is 9.47 Å². The predicted octanol–water partition coefficient (Wildman–Crippen LogP) is 4.56. The van der Waals surface area contributed by atoms with Crippen molar-refractivity contribution in [1.82, 2.24) is 4.90 Å². The number of carbonyl (C=O) groups is 2. The number of cyclic esters (lactones) is 2. The van der Waals surface area contributed by atoms with Crippen LogP contribution in [0.3, 0.4) is 0 Å². The van der Waals surface area contributed by atoms with Crippen molar-refractivity contribution in [2.45, 2.75) is 45.5 Å². The molecule has 0 aliphatic carbocycles. The molecule has 36 heavy (non-hydrogen) atoms. The molecule has 0 atom stereocenters. The zero-order chi connectivity index (χ0) is 26.5. The Kier molecular flexibility index (Phi) is 8.63. The first-order valence-electron chi connectivity index (χ1n) is 12.1. The molecule has 1 aliphatic rings. The Morgan fingerprint density at radius 2 is 1.19 bits per heavy atom. The second-order valence-electron chi connectivity index (χ2n) is 9.95. The first-order chi connectivity index (χ1) is 16.9. The molecule has 0 fully saturated rings. The van der Waals surface area contributed by atoms with Crippen LogP contribution in [-0.2, 0) is 24.7 Å². The standard InChI is InChI=1S/C28H33F2NO5/c1-19(2)17-31(18-20(3)4)16-15-27(35-25(32)13-14-26(33)36-27)28(34,21-5-9-23(29)10-6-21)22-7-11-24(30)12-8-22/h5-14,19-20,34H,15-18H2,1-4H3. The summed E-state index contributed by atoms with van der Waals surface area (Å²) < 4.78 is 39.1. The van der Waals surface area contributed by atoms with Gasteiger partial charge in [0.15, 0.2) is 5.60 Å². The molecule has 0 amide bonds. The highest BCUT2D eigenvalue weighted by atomic mass is 19.1. The molecule has 3 rings (SSSR count). The van der Waals surface area contributed by atoms with Gasteiger partial charge in [0.05, 0.1) is 0 Å². The summed E-state index contributed by atoms with van der Waals surface area (Å²) in [6.45, 7) is 10.1. The third kappa shape index (κ3) is 6.17. The molecule has 2 aromatic rings. The van der Waals surface area contributed by atoms with Crippen LogP contribution in [0.2, 0.25) is 0 Å². The minimum Gasteiger partial charge on any atom is -0.415 e. The van der Waals surface area contributed by atoms with Gasteiger partial charge in [0.1, 0.15) is 11.6 Å². The molecule has 2 aromatic carbocycles. The van der Waals surface area contributed by atoms with Gasteiger partial charge in [-0.1, -0.05) is 52.0 Å². The van der Waals surface area contributed by atoms with E-state index in [1.165, 1.54) is 24.3 Å². The molecule has 6 nitrogen and oxygen atoms in total. The van der Waals surface area contributed by atoms with Crippen LogP contribution in [0.25, 0.3) is 0 Å². The molecular weight excluding hydrogens is 468 g/mol. The molecule has 0 spiro atoms. The van der Waals surface area contributed by atoms with E-state index in [1.54, 1.807) is 0 Å². The number of esters is 2. The fourth-order valence-electron chi connectivity index (χ4n) is 4.56. The average molecular weight is 502 g/mol. The van der Waals surface area contributed by atoms with E-state index in [9.17, 15) is 23.5 Å². The van der Waals surface area contributed by atoms with Crippen LogP contribution in [0.4, 0.5) is 8.78 Å². The Bertz CT molecular complexity index is 1000. The van der Waals surface area contributed by atoms with Crippen LogP contribution in [0.5, 0.6) is 0 Å². The first kappa shape index (κ1) is 27.5. The first-order valence-corrected chi connectivity index (χ1v) is 12.1. The predicted molar refractivity (Wildman–Crippen MR) is 131 cm³/mol. The van der Waals surface area contributed by atoms with Gasteiger partial charge in [-0.2, -0.15) is 0 Å². The molecule has 8 heteroatoms. The lowest BCUT2D eigenvalue weighted by Gasteiger charge is -2.45. The van der Waals surface area contributed by atoms with Gasteiger partial charge in [-0.05, 0) is 47.2 Å². The summed E-state index contributed by atoms with van der Waals surface area (Å²) in [6.07, 6.45) is 1.76. The van der Waals surface area contributed by atoms with Crippen molar-refractivity contribution in [3.05, 3.63) is 83.4 Å². The van der Waals surface area contributed by atoms with Crippen LogP contribution in [-0.4, -0.2) is 47.4 Å². The van der Waals surface area contributed by atoms with Gasteiger partial charge in [-0.3, -0.25) is 0 Å². The van der Waals surface area contributed by atoms with E-state index in [1.807, 2.05) is 0 Å². The van der Waals surface area contributed by atoms with Gasteiger partial charge in [0.25, 0.3) is 5.79 Å². The van der Waals surface area contributed by atoms with Crippen molar-refractivity contribution >= 4 is 11.9 Å². The molecule has 194 valence electrons. The smallest absolute Gasteiger partial charge is 0.334 e. The fraction of sp³-hybridized carbons (Fsp3) is 0.429. The number of benzene rings is 2. The number of rotatable bonds is 10. The molecule has 0 saturated heterocycles. The van der Waals surface area contributed by atoms with Gasteiger partial charge in [0, 0.05) is 38.2 Å². The minimum absolute atomic E-state index is 0.100. The Labute approximate surface area is 210 Å². The van der Waals surface area contributed by atoms with Crippen molar-refractivity contribution < 1.29 is 33.0 Å². The third-order valence-corrected chi connectivity index (χ3v) is 5.97. The molecule has 0 unspecified atom stereocenters. The maximum absolute atomic E-state index is 13.8. The van der Waals surface area contributed by atoms with Crippen LogP contribution < -0.4 is 0 Å². The molecule has 0 saturated carbocycles. The lowest BCUT2D eigenvalue weighted by molar-refractivity contribution is -0.285. The van der Waals surface area contributed by atoms with Crippen LogP contribution >= 0.6 is 0 Å². The molecule has 1 N–H and O–H groups in total. The van der Waals surface area contributed by atoms with Crippen molar-refractivity contribution in [3.63, 3.8) is 0 Å². The number of nitrogens with zero attached hydrogens (tertiary/aromatic N) is 1. The quantitative estimate of drug-likeness (QED) is 0.481. The maximum atomic E-state index is 13.8. The zero-order valence-electron chi connectivity index (χ0n) is 21.0. The summed E-state index contributed by atoms with van der Waals surface area (Å²) in [7, 11) is 0. The van der Waals surface area contributed by atoms with Crippen LogP contribution in [0, 0.1) is 23.5 Å². The molecule has 0 aromatic heterocycles. The third-order valence-electron chi connectivity index (χ3n) is 5.97. The lowest BCUT2D eigenvalue weighted by Crippen LogP contribution is -2.58. The van der Waals surface area contributed by atoms with Gasteiger partial charge in [0.2, 0.25) is 0 Å². The zero-order valence-corrected chi connectivity index (χ0v) is 21.0. The van der Waals surface area contributed by atoms with Crippen molar-refractivity contribution in [2.24, 2.45) is 11.8 Å². The van der Waals surface area contributed by atoms with E-state index >= 15 is 0 Å². The Hall–Kier alpha value is -3.10. The van der Waals surface area contributed by atoms with Crippen molar-refractivity contribution in [3.8, 4) is 0 Å². The second-order valence-corrected chi connectivity index (χ2v) is 9.95. The van der Waals surface area contributed by atoms with E-state index in [-0.39, 0.29) is 17.5 Å². The molecule has 0 radical (unpaired) electrons. The number of aliphatic hydroxyl groups is 1. The van der Waals surface area contributed by atoms with Gasteiger partial charge < -0.3 is 19.5 Å². The van der Waals surface area contributed by atoms with Gasteiger partial charge in [-0.15, -0.1) is 0 Å². The van der Waals surface area contributed by atoms with Crippen molar-refractivity contribution in [2.75, 3.05) is 19.6 Å². The number of hydrogen-bond acceptors (Lipinski definition) is 6. The van der Waals surface area contributed by atoms with E-state index in [0.29, 0.717) is 18.4 Å². The fourth-order valence-corrected chi connectivity index (χ4v) is 4.56. The Morgan fingerprint density at radius 3 is 1.56 bits per heavy atom. The highest BCUT2D eigenvalue weighted by Crippen LogP contribution is 2.46. The number of halogens is 2. The SMILES string of the molecule is CC(C)CN(CCC1(C(O)(c2ccc(F)cc2)c2ccc(F)cc2)OC(=O)C=CC(=O)O1)CC(C)C.